The molecule has 0 unspecified atom stereocenters. The first kappa shape index (κ1) is 29.5. The van der Waals surface area contributed by atoms with Crippen molar-refractivity contribution in [2.75, 3.05) is 13.3 Å². The first-order valence-corrected chi connectivity index (χ1v) is 13.2. The Bertz CT molecular complexity index is 1040. The van der Waals surface area contributed by atoms with Crippen molar-refractivity contribution in [1.82, 2.24) is 0 Å². The van der Waals surface area contributed by atoms with Crippen molar-refractivity contribution >= 4 is 19.7 Å². The maximum absolute atomic E-state index is 12.7. The molecule has 1 N–H and O–H groups in total. The molecular weight excluding hydrogens is 439 g/mol. The number of benzene rings is 3. The summed E-state index contributed by atoms with van der Waals surface area (Å²) in [6, 6.07) is 21.8. The molecule has 1 atom stereocenters. The Morgan fingerprint density at radius 3 is 1.79 bits per heavy atom. The van der Waals surface area contributed by atoms with E-state index in [1.165, 1.54) is 11.1 Å². The lowest BCUT2D eigenvalue weighted by Gasteiger charge is -2.16. The van der Waals surface area contributed by atoms with Crippen molar-refractivity contribution in [3.8, 4) is 0 Å². The molecule has 0 saturated carbocycles. The van der Waals surface area contributed by atoms with Gasteiger partial charge in [0.2, 0.25) is 0 Å². The molecule has 0 aliphatic rings. The summed E-state index contributed by atoms with van der Waals surface area (Å²) in [6.45, 7) is 18.6. The molecule has 34 heavy (non-hydrogen) atoms. The van der Waals surface area contributed by atoms with E-state index in [0.717, 1.165) is 39.8 Å². The van der Waals surface area contributed by atoms with E-state index in [1.54, 1.807) is 6.66 Å². The molecule has 0 radical (unpaired) electrons. The van der Waals surface area contributed by atoms with Crippen LogP contribution >= 0.6 is 8.38 Å². The van der Waals surface area contributed by atoms with E-state index in [0.29, 0.717) is 6.61 Å². The van der Waals surface area contributed by atoms with E-state index in [2.05, 4.69) is 38.6 Å². The molecule has 0 fully saturated rings. The highest BCUT2D eigenvalue weighted by Gasteiger charge is 2.18. The third-order valence-corrected chi connectivity index (χ3v) is 5.64. The number of hydrogen-bond acceptors (Lipinski definition) is 3. The summed E-state index contributed by atoms with van der Waals surface area (Å²) in [4.78, 5) is 21.3. The Labute approximate surface area is 207 Å². The van der Waals surface area contributed by atoms with Gasteiger partial charge in [0.1, 0.15) is 0 Å². The van der Waals surface area contributed by atoms with Crippen LogP contribution in [0.5, 0.6) is 0 Å². The van der Waals surface area contributed by atoms with Gasteiger partial charge in [0, 0.05) is 17.8 Å². The summed E-state index contributed by atoms with van der Waals surface area (Å²) in [5, 5.41) is 0. The molecule has 0 aliphatic carbocycles. The lowest BCUT2D eigenvalue weighted by Crippen LogP contribution is -2.09. The summed E-state index contributed by atoms with van der Waals surface area (Å²) in [5.41, 5.74) is 8.20. The van der Waals surface area contributed by atoms with E-state index >= 15 is 0 Å². The number of allylic oxidation sites excluding steroid dienone is 1. The average Bonchev–Trinajstić information content (AvgIpc) is 2.79. The molecule has 182 valence electrons. The lowest BCUT2D eigenvalue weighted by atomic mass is 9.87. The van der Waals surface area contributed by atoms with Gasteiger partial charge in [-0.05, 0) is 63.3 Å². The van der Waals surface area contributed by atoms with E-state index in [1.807, 2.05) is 76.2 Å². The molecule has 0 amide bonds. The van der Waals surface area contributed by atoms with Crippen LogP contribution in [0.15, 0.2) is 73.3 Å². The van der Waals surface area contributed by atoms with Gasteiger partial charge in [-0.2, -0.15) is 0 Å². The predicted octanol–water partition coefficient (Wildman–Crippen LogP) is 8.22. The first-order valence-electron chi connectivity index (χ1n) is 11.5. The lowest BCUT2D eigenvalue weighted by molar-refractivity contribution is 0.103. The molecule has 3 aromatic carbocycles. The zero-order valence-electron chi connectivity index (χ0n) is 21.7. The van der Waals surface area contributed by atoms with Gasteiger partial charge in [-0.1, -0.05) is 91.4 Å². The Balaban J connectivity index is 0.000000337. The summed E-state index contributed by atoms with van der Waals surface area (Å²) in [7, 11) is -1.11. The van der Waals surface area contributed by atoms with Crippen LogP contribution in [-0.2, 0) is 4.52 Å². The number of carbonyl (C=O) groups excluding carboxylic acids is 1. The quantitative estimate of drug-likeness (QED) is 0.287. The van der Waals surface area contributed by atoms with Gasteiger partial charge >= 0.3 is 0 Å². The van der Waals surface area contributed by atoms with Gasteiger partial charge in [0.15, 0.2) is 14.2 Å². The average molecular weight is 479 g/mol. The Hall–Kier alpha value is -2.58. The van der Waals surface area contributed by atoms with Crippen LogP contribution in [-0.4, -0.2) is 23.9 Å². The van der Waals surface area contributed by atoms with Crippen molar-refractivity contribution in [3.05, 3.63) is 112 Å². The monoisotopic (exact) mass is 478 g/mol. The van der Waals surface area contributed by atoms with Crippen molar-refractivity contribution < 1.29 is 14.2 Å². The molecule has 3 nitrogen and oxygen atoms in total. The van der Waals surface area contributed by atoms with Crippen LogP contribution in [0, 0.1) is 27.7 Å². The molecule has 0 saturated heterocycles. The molecule has 4 heteroatoms. The van der Waals surface area contributed by atoms with Gasteiger partial charge in [-0.25, -0.2) is 0 Å². The number of aryl methyl sites for hydroxylation is 3. The van der Waals surface area contributed by atoms with Crippen LogP contribution in [0.3, 0.4) is 0 Å². The topological polar surface area (TPSA) is 46.5 Å². The highest BCUT2D eigenvalue weighted by Crippen LogP contribution is 2.29. The third-order valence-electron chi connectivity index (χ3n) is 5.08. The van der Waals surface area contributed by atoms with Crippen LogP contribution in [0.4, 0.5) is 0 Å². The number of carbonyl (C=O) groups is 1. The zero-order valence-corrected chi connectivity index (χ0v) is 22.6. The highest BCUT2D eigenvalue weighted by molar-refractivity contribution is 7.45. The standard InChI is InChI=1S/C19H20O.C7H8.C4H11O2P/c1-12(2)17-13(3)11-14(4)18(15(17)5)19(20)16-9-7-6-8-10-16;1-7-5-3-2-4-6-7;1-3-4-6-7(2)5/h6-11H,1H2,2-5H3;2-6H,1H3;5H,3-4H2,1-2H3/t;;7-/m..0/s1. The van der Waals surface area contributed by atoms with Gasteiger partial charge in [0.05, 0.1) is 6.61 Å². The van der Waals surface area contributed by atoms with Crippen molar-refractivity contribution in [1.29, 1.82) is 0 Å². The first-order chi connectivity index (χ1) is 16.1. The van der Waals surface area contributed by atoms with Gasteiger partial charge in [-0.3, -0.25) is 4.79 Å². The van der Waals surface area contributed by atoms with Crippen LogP contribution < -0.4 is 0 Å². The van der Waals surface area contributed by atoms with E-state index in [4.69, 9.17) is 9.42 Å². The Morgan fingerprint density at radius 2 is 1.41 bits per heavy atom. The molecule has 0 heterocycles. The minimum atomic E-state index is -1.11. The van der Waals surface area contributed by atoms with Gasteiger partial charge in [0.25, 0.3) is 0 Å². The maximum atomic E-state index is 12.7. The van der Waals surface area contributed by atoms with Crippen molar-refractivity contribution in [2.24, 2.45) is 0 Å². The molecule has 0 aromatic heterocycles. The predicted molar refractivity (Wildman–Crippen MR) is 148 cm³/mol. The molecule has 0 aliphatic heterocycles. The maximum Gasteiger partial charge on any atom is 0.193 e. The van der Waals surface area contributed by atoms with Crippen molar-refractivity contribution in [2.45, 2.75) is 48.0 Å². The SMILES string of the molecule is C=C(C)c1c(C)cc(C)c(C(=O)c2ccccc2)c1C.CCCO[P@@](C)O.Cc1ccccc1. The fraction of sp³-hybridized carbons (Fsp3) is 0.300. The summed E-state index contributed by atoms with van der Waals surface area (Å²) in [5.74, 6) is 0.0862. The molecule has 3 rings (SSSR count). The third kappa shape index (κ3) is 9.73. The number of hydrogen-bond donors (Lipinski definition) is 1. The van der Waals surface area contributed by atoms with Crippen molar-refractivity contribution in [3.63, 3.8) is 0 Å². The normalized spacial score (nSPS) is 10.8. The van der Waals surface area contributed by atoms with E-state index in [-0.39, 0.29) is 5.78 Å². The zero-order chi connectivity index (χ0) is 25.7. The highest BCUT2D eigenvalue weighted by atomic mass is 31.2. The molecular formula is C30H39O3P. The largest absolute Gasteiger partial charge is 0.350 e. The fourth-order valence-electron chi connectivity index (χ4n) is 3.68. The minimum Gasteiger partial charge on any atom is -0.350 e. The Morgan fingerprint density at radius 1 is 0.912 bits per heavy atom. The van der Waals surface area contributed by atoms with Gasteiger partial charge < -0.3 is 9.42 Å². The van der Waals surface area contributed by atoms with Crippen LogP contribution in [0.2, 0.25) is 0 Å². The smallest absolute Gasteiger partial charge is 0.193 e. The molecule has 0 spiro atoms. The van der Waals surface area contributed by atoms with Gasteiger partial charge in [-0.15, -0.1) is 0 Å². The molecule has 0 bridgehead atoms. The second kappa shape index (κ2) is 15.3. The second-order valence-corrected chi connectivity index (χ2v) is 9.50. The number of ketones is 1. The Kier molecular flexibility index (Phi) is 13.3. The summed E-state index contributed by atoms with van der Waals surface area (Å²) >= 11 is 0. The summed E-state index contributed by atoms with van der Waals surface area (Å²) < 4.78 is 4.81. The van der Waals surface area contributed by atoms with Crippen LogP contribution in [0.25, 0.3) is 5.57 Å². The van der Waals surface area contributed by atoms with E-state index < -0.39 is 8.38 Å². The van der Waals surface area contributed by atoms with Crippen LogP contribution in [0.1, 0.15) is 64.0 Å². The second-order valence-electron chi connectivity index (χ2n) is 8.31. The fourth-order valence-corrected chi connectivity index (χ4v) is 4.13. The minimum absolute atomic E-state index is 0.0862. The van der Waals surface area contributed by atoms with E-state index in [9.17, 15) is 4.79 Å². The summed E-state index contributed by atoms with van der Waals surface area (Å²) in [6.07, 6.45) is 0.979. The molecule has 3 aromatic rings. The number of rotatable bonds is 6.